The molecule has 2 nitrogen and oxygen atoms in total. The quantitative estimate of drug-likeness (QED) is 0.612. The first-order chi connectivity index (χ1) is 4.79. The molecule has 0 aromatic rings. The van der Waals surface area contributed by atoms with E-state index in [-0.39, 0.29) is 0 Å². The van der Waals surface area contributed by atoms with Crippen LogP contribution in [0.15, 0.2) is 0 Å². The molecule has 1 saturated carbocycles. The minimum atomic E-state index is -4.57. The molecular weight excluding hydrogens is 181 g/mol. The molecule has 6 heteroatoms. The van der Waals surface area contributed by atoms with Gasteiger partial charge in [-0.2, -0.15) is 8.42 Å². The van der Waals surface area contributed by atoms with Gasteiger partial charge in [-0.05, 0) is 5.92 Å². The van der Waals surface area contributed by atoms with Crippen LogP contribution >= 0.6 is 0 Å². The van der Waals surface area contributed by atoms with E-state index >= 15 is 0 Å². The van der Waals surface area contributed by atoms with Gasteiger partial charge in [0, 0.05) is 12.8 Å². The van der Waals surface area contributed by atoms with Gasteiger partial charge >= 0.3 is 10.2 Å². The molecular formula is C5H7F3O2S. The number of alkyl halides is 2. The van der Waals surface area contributed by atoms with Crippen LogP contribution in [0.2, 0.25) is 0 Å². The van der Waals surface area contributed by atoms with Gasteiger partial charge in [0.15, 0.2) is 0 Å². The summed E-state index contributed by atoms with van der Waals surface area (Å²) in [6, 6.07) is 0. The fraction of sp³-hybridized carbons (Fsp3) is 1.00. The lowest BCUT2D eigenvalue weighted by Gasteiger charge is -2.33. The Labute approximate surface area is 62.6 Å². The molecule has 0 radical (unpaired) electrons. The van der Waals surface area contributed by atoms with E-state index in [4.69, 9.17) is 0 Å². The molecule has 0 unspecified atom stereocenters. The van der Waals surface area contributed by atoms with Crippen molar-refractivity contribution in [3.05, 3.63) is 0 Å². The second kappa shape index (κ2) is 2.36. The molecule has 1 rings (SSSR count). The molecule has 0 heterocycles. The standard InChI is InChI=1S/C5H7F3O2S/c6-5(7)1-4(2-5)3-11(8,9)10/h4H,1-3H2. The highest BCUT2D eigenvalue weighted by molar-refractivity contribution is 7.86. The zero-order valence-corrected chi connectivity index (χ0v) is 6.37. The zero-order valence-electron chi connectivity index (χ0n) is 5.56. The Morgan fingerprint density at radius 1 is 1.36 bits per heavy atom. The number of hydrogen-bond donors (Lipinski definition) is 0. The van der Waals surface area contributed by atoms with Gasteiger partial charge in [0.25, 0.3) is 0 Å². The van der Waals surface area contributed by atoms with Crippen LogP contribution < -0.4 is 0 Å². The largest absolute Gasteiger partial charge is 0.302 e. The Hall–Kier alpha value is -0.260. The van der Waals surface area contributed by atoms with E-state index in [9.17, 15) is 21.1 Å². The number of rotatable bonds is 2. The summed E-state index contributed by atoms with van der Waals surface area (Å²) < 4.78 is 55.8. The molecule has 0 aliphatic heterocycles. The van der Waals surface area contributed by atoms with E-state index in [1.165, 1.54) is 0 Å². The lowest BCUT2D eigenvalue weighted by atomic mass is 9.83. The van der Waals surface area contributed by atoms with Crippen LogP contribution in [0.1, 0.15) is 12.8 Å². The molecule has 0 saturated heterocycles. The van der Waals surface area contributed by atoms with Gasteiger partial charge in [-0.3, -0.25) is 0 Å². The summed E-state index contributed by atoms with van der Waals surface area (Å²) in [5.41, 5.74) is 0. The van der Waals surface area contributed by atoms with Gasteiger partial charge in [-0.25, -0.2) is 8.78 Å². The van der Waals surface area contributed by atoms with Crippen LogP contribution in [0.3, 0.4) is 0 Å². The molecule has 0 N–H and O–H groups in total. The minimum absolute atomic E-state index is 0.504. The first-order valence-electron chi connectivity index (χ1n) is 3.09. The monoisotopic (exact) mass is 188 g/mol. The summed E-state index contributed by atoms with van der Waals surface area (Å²) in [6.07, 6.45) is -1.01. The normalized spacial score (nSPS) is 24.6. The summed E-state index contributed by atoms with van der Waals surface area (Å²) in [4.78, 5) is 0. The Morgan fingerprint density at radius 3 is 2.09 bits per heavy atom. The van der Waals surface area contributed by atoms with Crippen LogP contribution in [0.4, 0.5) is 12.7 Å². The third-order valence-corrected chi connectivity index (χ3v) is 2.48. The summed E-state index contributed by atoms with van der Waals surface area (Å²) in [6.45, 7) is 0. The smallest absolute Gasteiger partial charge is 0.207 e. The van der Waals surface area contributed by atoms with E-state index in [0.717, 1.165) is 0 Å². The highest BCUT2D eigenvalue weighted by atomic mass is 32.3. The van der Waals surface area contributed by atoms with Crippen molar-refractivity contribution < 1.29 is 21.1 Å². The third kappa shape index (κ3) is 2.69. The fourth-order valence-corrected chi connectivity index (χ4v) is 1.98. The van der Waals surface area contributed by atoms with Gasteiger partial charge in [-0.1, -0.05) is 0 Å². The maximum absolute atomic E-state index is 12.0. The molecule has 0 aromatic heterocycles. The molecule has 0 atom stereocenters. The highest BCUT2D eigenvalue weighted by Gasteiger charge is 2.46. The van der Waals surface area contributed by atoms with Crippen LogP contribution in [-0.4, -0.2) is 20.1 Å². The van der Waals surface area contributed by atoms with Crippen molar-refractivity contribution in [1.82, 2.24) is 0 Å². The van der Waals surface area contributed by atoms with Crippen molar-refractivity contribution in [2.24, 2.45) is 5.92 Å². The van der Waals surface area contributed by atoms with Crippen molar-refractivity contribution in [2.45, 2.75) is 18.8 Å². The molecule has 1 aliphatic carbocycles. The first-order valence-corrected chi connectivity index (χ1v) is 4.64. The Morgan fingerprint density at radius 2 is 1.82 bits per heavy atom. The Balaban J connectivity index is 2.36. The van der Waals surface area contributed by atoms with Crippen LogP contribution in [-0.2, 0) is 10.2 Å². The second-order valence-corrected chi connectivity index (χ2v) is 4.25. The predicted molar refractivity (Wildman–Crippen MR) is 32.6 cm³/mol. The van der Waals surface area contributed by atoms with E-state index < -0.39 is 40.7 Å². The molecule has 11 heavy (non-hydrogen) atoms. The average Bonchev–Trinajstić information content (AvgIpc) is 1.53. The second-order valence-electron chi connectivity index (χ2n) is 2.84. The Bertz CT molecular complexity index is 238. The van der Waals surface area contributed by atoms with Gasteiger partial charge in [-0.15, -0.1) is 3.89 Å². The average molecular weight is 188 g/mol. The van der Waals surface area contributed by atoms with E-state index in [2.05, 4.69) is 0 Å². The van der Waals surface area contributed by atoms with Crippen LogP contribution in [0, 0.1) is 5.92 Å². The topological polar surface area (TPSA) is 34.1 Å². The van der Waals surface area contributed by atoms with Crippen molar-refractivity contribution in [3.63, 3.8) is 0 Å². The van der Waals surface area contributed by atoms with Crippen molar-refractivity contribution in [1.29, 1.82) is 0 Å². The molecule has 66 valence electrons. The molecule has 0 aromatic carbocycles. The van der Waals surface area contributed by atoms with Gasteiger partial charge in [0.2, 0.25) is 5.92 Å². The molecule has 1 fully saturated rings. The highest BCUT2D eigenvalue weighted by Crippen LogP contribution is 2.42. The fourth-order valence-electron chi connectivity index (χ4n) is 1.18. The Kier molecular flexibility index (Phi) is 1.90. The van der Waals surface area contributed by atoms with Crippen LogP contribution in [0.5, 0.6) is 0 Å². The maximum atomic E-state index is 12.0. The summed E-state index contributed by atoms with van der Waals surface area (Å²) in [7, 11) is -4.57. The summed E-state index contributed by atoms with van der Waals surface area (Å²) in [5.74, 6) is -4.22. The SMILES string of the molecule is O=S(=O)(F)CC1CC(F)(F)C1. The van der Waals surface area contributed by atoms with Gasteiger partial charge in [0.1, 0.15) is 0 Å². The van der Waals surface area contributed by atoms with Gasteiger partial charge in [0.05, 0.1) is 5.75 Å². The number of hydrogen-bond acceptors (Lipinski definition) is 2. The molecule has 1 aliphatic rings. The summed E-state index contributed by atoms with van der Waals surface area (Å²) >= 11 is 0. The maximum Gasteiger partial charge on any atom is 0.302 e. The zero-order chi connectivity index (χ0) is 8.70. The lowest BCUT2D eigenvalue weighted by Crippen LogP contribution is -2.38. The first kappa shape index (κ1) is 8.83. The minimum Gasteiger partial charge on any atom is -0.207 e. The van der Waals surface area contributed by atoms with Crippen LogP contribution in [0.25, 0.3) is 0 Å². The van der Waals surface area contributed by atoms with Gasteiger partial charge < -0.3 is 0 Å². The third-order valence-electron chi connectivity index (χ3n) is 1.61. The molecule has 0 amide bonds. The van der Waals surface area contributed by atoms with E-state index in [1.54, 1.807) is 0 Å². The van der Waals surface area contributed by atoms with Crippen molar-refractivity contribution in [3.8, 4) is 0 Å². The predicted octanol–water partition coefficient (Wildman–Crippen LogP) is 1.33. The number of halogens is 3. The molecule has 0 bridgehead atoms. The lowest BCUT2D eigenvalue weighted by molar-refractivity contribution is -0.103. The summed E-state index contributed by atoms with van der Waals surface area (Å²) in [5, 5.41) is 0. The van der Waals surface area contributed by atoms with E-state index in [1.807, 2.05) is 0 Å². The van der Waals surface area contributed by atoms with Crippen molar-refractivity contribution >= 4 is 10.2 Å². The van der Waals surface area contributed by atoms with Crippen molar-refractivity contribution in [2.75, 3.05) is 5.75 Å². The van der Waals surface area contributed by atoms with E-state index in [0.29, 0.717) is 0 Å². The molecule has 0 spiro atoms.